The molecule has 1 aliphatic carbocycles. The number of aliphatic carboxylic acids is 1. The molecule has 0 radical (unpaired) electrons. The highest BCUT2D eigenvalue weighted by Gasteiger charge is 2.27. The summed E-state index contributed by atoms with van der Waals surface area (Å²) in [5, 5.41) is 8.92. The Kier molecular flexibility index (Phi) is 5.19. The molecule has 1 heterocycles. The highest BCUT2D eigenvalue weighted by Crippen LogP contribution is 2.29. The van der Waals surface area contributed by atoms with Gasteiger partial charge in [-0.25, -0.2) is 0 Å². The van der Waals surface area contributed by atoms with Crippen molar-refractivity contribution in [1.29, 1.82) is 0 Å². The fourth-order valence-corrected chi connectivity index (χ4v) is 2.65. The lowest BCUT2D eigenvalue weighted by Crippen LogP contribution is -2.43. The average molecular weight is 268 g/mol. The minimum Gasteiger partial charge on any atom is -0.480 e. The van der Waals surface area contributed by atoms with Gasteiger partial charge in [-0.15, -0.1) is 0 Å². The first kappa shape index (κ1) is 14.3. The Morgan fingerprint density at radius 3 is 2.21 bits per heavy atom. The van der Waals surface area contributed by atoms with Gasteiger partial charge in [-0.2, -0.15) is 0 Å². The molecule has 108 valence electrons. The van der Waals surface area contributed by atoms with E-state index in [1.807, 2.05) is 4.90 Å². The number of carboxylic acids is 1. The number of hydrogen-bond acceptors (Lipinski definition) is 3. The number of carbonyl (C=O) groups is 2. The molecule has 19 heavy (non-hydrogen) atoms. The highest BCUT2D eigenvalue weighted by atomic mass is 16.4. The van der Waals surface area contributed by atoms with Crippen molar-refractivity contribution >= 4 is 11.9 Å². The third-order valence-corrected chi connectivity index (χ3v) is 3.89. The molecular formula is C14H24N2O3. The van der Waals surface area contributed by atoms with Gasteiger partial charge in [0.15, 0.2) is 0 Å². The average Bonchev–Trinajstić information content (AvgIpc) is 3.13. The molecule has 0 bridgehead atoms. The van der Waals surface area contributed by atoms with Crippen molar-refractivity contribution in [2.75, 3.05) is 32.7 Å². The fourth-order valence-electron chi connectivity index (χ4n) is 2.65. The van der Waals surface area contributed by atoms with E-state index in [2.05, 4.69) is 0 Å². The molecule has 0 unspecified atom stereocenters. The number of likely N-dealkylation sites (tertiary alicyclic amines) is 1. The van der Waals surface area contributed by atoms with Crippen LogP contribution in [0.4, 0.5) is 0 Å². The molecule has 5 nitrogen and oxygen atoms in total. The Balaban J connectivity index is 1.83. The smallest absolute Gasteiger partial charge is 0.317 e. The van der Waals surface area contributed by atoms with E-state index >= 15 is 0 Å². The first-order chi connectivity index (χ1) is 9.15. The van der Waals surface area contributed by atoms with E-state index in [9.17, 15) is 9.59 Å². The summed E-state index contributed by atoms with van der Waals surface area (Å²) in [5.41, 5.74) is 0. The Morgan fingerprint density at radius 1 is 1.05 bits per heavy atom. The van der Waals surface area contributed by atoms with Crippen LogP contribution in [0.1, 0.15) is 38.5 Å². The molecule has 0 aromatic heterocycles. The zero-order chi connectivity index (χ0) is 13.7. The van der Waals surface area contributed by atoms with Crippen LogP contribution in [0, 0.1) is 5.92 Å². The lowest BCUT2D eigenvalue weighted by atomic mass is 10.2. The van der Waals surface area contributed by atoms with Gasteiger partial charge in [-0.3, -0.25) is 14.5 Å². The molecule has 1 saturated heterocycles. The van der Waals surface area contributed by atoms with Gasteiger partial charge in [0.2, 0.25) is 5.91 Å². The van der Waals surface area contributed by atoms with Crippen molar-refractivity contribution in [3.8, 4) is 0 Å². The third kappa shape index (κ3) is 5.19. The standard InChI is InChI=1S/C14H24N2O3/c17-13(16-7-3-1-2-4-8-16)10-15(11-14(18)19)9-12-5-6-12/h12H,1-11H2,(H,18,19). The summed E-state index contributed by atoms with van der Waals surface area (Å²) in [5.74, 6) is -0.135. The Bertz CT molecular complexity index is 321. The summed E-state index contributed by atoms with van der Waals surface area (Å²) in [4.78, 5) is 26.8. The van der Waals surface area contributed by atoms with Gasteiger partial charge < -0.3 is 10.0 Å². The molecule has 0 spiro atoms. The maximum Gasteiger partial charge on any atom is 0.317 e. The molecular weight excluding hydrogens is 244 g/mol. The normalized spacial score (nSPS) is 20.4. The van der Waals surface area contributed by atoms with E-state index in [0.29, 0.717) is 5.92 Å². The van der Waals surface area contributed by atoms with Gasteiger partial charge >= 0.3 is 5.97 Å². The first-order valence-electron chi connectivity index (χ1n) is 7.37. The SMILES string of the molecule is O=C(O)CN(CC(=O)N1CCCCCC1)CC1CC1. The van der Waals surface area contributed by atoms with Crippen LogP contribution in [-0.4, -0.2) is 59.5 Å². The predicted molar refractivity (Wildman–Crippen MR) is 71.8 cm³/mol. The van der Waals surface area contributed by atoms with E-state index in [0.717, 1.165) is 32.5 Å². The van der Waals surface area contributed by atoms with Crippen molar-refractivity contribution in [3.05, 3.63) is 0 Å². The van der Waals surface area contributed by atoms with E-state index in [-0.39, 0.29) is 19.0 Å². The van der Waals surface area contributed by atoms with Crippen molar-refractivity contribution < 1.29 is 14.7 Å². The number of hydrogen-bond donors (Lipinski definition) is 1. The van der Waals surface area contributed by atoms with Crippen LogP contribution in [0.2, 0.25) is 0 Å². The maximum absolute atomic E-state index is 12.2. The van der Waals surface area contributed by atoms with Gasteiger partial charge in [0.05, 0.1) is 13.1 Å². The van der Waals surface area contributed by atoms with Crippen LogP contribution in [0.5, 0.6) is 0 Å². The van der Waals surface area contributed by atoms with Gasteiger partial charge in [0.25, 0.3) is 0 Å². The van der Waals surface area contributed by atoms with E-state index in [1.165, 1.54) is 25.7 Å². The quantitative estimate of drug-likeness (QED) is 0.786. The largest absolute Gasteiger partial charge is 0.480 e. The minimum atomic E-state index is -0.843. The molecule has 1 saturated carbocycles. The van der Waals surface area contributed by atoms with Crippen molar-refractivity contribution in [2.45, 2.75) is 38.5 Å². The number of carbonyl (C=O) groups excluding carboxylic acids is 1. The van der Waals surface area contributed by atoms with Crippen LogP contribution in [0.3, 0.4) is 0 Å². The van der Waals surface area contributed by atoms with E-state index in [4.69, 9.17) is 5.11 Å². The molecule has 5 heteroatoms. The molecule has 0 aromatic carbocycles. The van der Waals surface area contributed by atoms with Crippen LogP contribution >= 0.6 is 0 Å². The Morgan fingerprint density at radius 2 is 1.68 bits per heavy atom. The lowest BCUT2D eigenvalue weighted by Gasteiger charge is -2.25. The number of nitrogens with zero attached hydrogens (tertiary/aromatic N) is 2. The molecule has 0 atom stereocenters. The molecule has 2 fully saturated rings. The van der Waals surface area contributed by atoms with E-state index < -0.39 is 5.97 Å². The Hall–Kier alpha value is -1.10. The van der Waals surface area contributed by atoms with E-state index in [1.54, 1.807) is 4.90 Å². The molecule has 0 aromatic rings. The number of rotatable bonds is 6. The maximum atomic E-state index is 12.2. The molecule has 2 aliphatic rings. The zero-order valence-electron chi connectivity index (χ0n) is 11.5. The third-order valence-electron chi connectivity index (χ3n) is 3.89. The van der Waals surface area contributed by atoms with Crippen LogP contribution in [-0.2, 0) is 9.59 Å². The monoisotopic (exact) mass is 268 g/mol. The molecule has 1 aliphatic heterocycles. The van der Waals surface area contributed by atoms with Gasteiger partial charge in [0.1, 0.15) is 0 Å². The second-order valence-electron chi connectivity index (χ2n) is 5.80. The van der Waals surface area contributed by atoms with Crippen LogP contribution in [0.25, 0.3) is 0 Å². The number of carboxylic acid groups (broad SMARTS) is 1. The summed E-state index contributed by atoms with van der Waals surface area (Å²) >= 11 is 0. The molecule has 1 amide bonds. The predicted octanol–water partition coefficient (Wildman–Crippen LogP) is 1.19. The highest BCUT2D eigenvalue weighted by molar-refractivity contribution is 5.79. The summed E-state index contributed by atoms with van der Waals surface area (Å²) in [7, 11) is 0. The summed E-state index contributed by atoms with van der Waals surface area (Å²) in [6, 6.07) is 0. The first-order valence-corrected chi connectivity index (χ1v) is 7.37. The minimum absolute atomic E-state index is 0.0178. The van der Waals surface area contributed by atoms with Crippen LogP contribution in [0.15, 0.2) is 0 Å². The summed E-state index contributed by atoms with van der Waals surface area (Å²) < 4.78 is 0. The topological polar surface area (TPSA) is 60.9 Å². The van der Waals surface area contributed by atoms with Gasteiger partial charge in [0, 0.05) is 19.6 Å². The fraction of sp³-hybridized carbons (Fsp3) is 0.857. The second-order valence-corrected chi connectivity index (χ2v) is 5.80. The van der Waals surface area contributed by atoms with Crippen LogP contribution < -0.4 is 0 Å². The molecule has 2 rings (SSSR count). The second kappa shape index (κ2) is 6.89. The van der Waals surface area contributed by atoms with Crippen molar-refractivity contribution in [2.24, 2.45) is 5.92 Å². The van der Waals surface area contributed by atoms with Gasteiger partial charge in [-0.1, -0.05) is 12.8 Å². The van der Waals surface area contributed by atoms with Crippen molar-refractivity contribution in [1.82, 2.24) is 9.80 Å². The summed E-state index contributed by atoms with van der Waals surface area (Å²) in [6.07, 6.45) is 6.90. The number of amides is 1. The zero-order valence-corrected chi connectivity index (χ0v) is 11.5. The summed E-state index contributed by atoms with van der Waals surface area (Å²) in [6.45, 7) is 2.68. The van der Waals surface area contributed by atoms with Crippen molar-refractivity contribution in [3.63, 3.8) is 0 Å². The Labute approximate surface area is 114 Å². The van der Waals surface area contributed by atoms with Gasteiger partial charge in [-0.05, 0) is 31.6 Å². The lowest BCUT2D eigenvalue weighted by molar-refractivity contribution is -0.139. The molecule has 1 N–H and O–H groups in total.